The Morgan fingerprint density at radius 1 is 1.21 bits per heavy atom. The Morgan fingerprint density at radius 2 is 2.08 bits per heavy atom. The Hall–Kier alpha value is -3.02. The maximum atomic E-state index is 12.4. The average molecular weight is 322 g/mol. The van der Waals surface area contributed by atoms with E-state index in [4.69, 9.17) is 10.5 Å². The van der Waals surface area contributed by atoms with E-state index in [-0.39, 0.29) is 11.5 Å². The van der Waals surface area contributed by atoms with E-state index in [1.165, 1.54) is 5.56 Å². The lowest BCUT2D eigenvalue weighted by Crippen LogP contribution is -2.17. The number of fused-ring (bicyclic) bond motifs is 3. The Bertz CT molecular complexity index is 984. The Labute approximate surface area is 138 Å². The van der Waals surface area contributed by atoms with Gasteiger partial charge in [0.25, 0.3) is 0 Å². The molecule has 0 aliphatic carbocycles. The Kier molecular flexibility index (Phi) is 3.57. The van der Waals surface area contributed by atoms with Crippen LogP contribution in [0.25, 0.3) is 11.0 Å². The van der Waals surface area contributed by atoms with Gasteiger partial charge in [-0.15, -0.1) is 0 Å². The number of hydrogen-bond donors (Lipinski definition) is 2. The summed E-state index contributed by atoms with van der Waals surface area (Å²) in [5.74, 6) is 0.710. The van der Waals surface area contributed by atoms with Gasteiger partial charge < -0.3 is 15.5 Å². The van der Waals surface area contributed by atoms with Crippen LogP contribution < -0.4 is 16.2 Å². The normalized spacial score (nSPS) is 14.5. The molecule has 1 aromatic carbocycles. The first-order chi connectivity index (χ1) is 11.7. The lowest BCUT2D eigenvalue weighted by Gasteiger charge is -2.09. The van der Waals surface area contributed by atoms with Gasteiger partial charge in [-0.25, -0.2) is 4.79 Å². The number of hydrogen-bond acceptors (Lipinski definition) is 4. The number of benzene rings is 1. The Morgan fingerprint density at radius 3 is 3.00 bits per heavy atom. The van der Waals surface area contributed by atoms with E-state index in [0.29, 0.717) is 30.1 Å². The quantitative estimate of drug-likeness (QED) is 0.622. The summed E-state index contributed by atoms with van der Waals surface area (Å²) in [6.45, 7) is 0.989. The Balaban J connectivity index is 1.89. The molecule has 4 rings (SSSR count). The number of aromatic amines is 1. The highest BCUT2D eigenvalue weighted by Crippen LogP contribution is 2.22. The summed E-state index contributed by atoms with van der Waals surface area (Å²) in [6.07, 6.45) is 5.89. The monoisotopic (exact) mass is 322 g/mol. The zero-order valence-corrected chi connectivity index (χ0v) is 13.2. The molecule has 0 saturated carbocycles. The standard InChI is InChI=1S/C18H18N4O2/c19-17-16-14-10-15(20-17)24-8-3-1-2-5-12-6-4-7-13(9-12)11-22(14)18(23)21-16/h1-2,4,6-7,9-10H,3,5,8,11H2,(H2,19,20)(H,21,23). The number of imidazole rings is 1. The smallest absolute Gasteiger partial charge is 0.326 e. The van der Waals surface area contributed by atoms with Gasteiger partial charge in [-0.05, 0) is 24.0 Å². The SMILES string of the molecule is Nc1nc2cc3c1[nH]c(=O)n3Cc1cccc(c1)CC=CCCO2. The van der Waals surface area contributed by atoms with Crippen LogP contribution in [0, 0.1) is 0 Å². The van der Waals surface area contributed by atoms with Gasteiger partial charge in [0, 0.05) is 6.07 Å². The van der Waals surface area contributed by atoms with Crippen molar-refractivity contribution in [2.75, 3.05) is 12.3 Å². The van der Waals surface area contributed by atoms with Crippen LogP contribution in [0.2, 0.25) is 0 Å². The number of nitrogens with one attached hydrogen (secondary N) is 1. The zero-order valence-electron chi connectivity index (χ0n) is 13.2. The van der Waals surface area contributed by atoms with Gasteiger partial charge >= 0.3 is 5.69 Å². The van der Waals surface area contributed by atoms with Crippen molar-refractivity contribution in [1.82, 2.24) is 14.5 Å². The molecule has 0 unspecified atom stereocenters. The van der Waals surface area contributed by atoms with Crippen LogP contribution in [0.1, 0.15) is 17.5 Å². The molecule has 0 spiro atoms. The number of ether oxygens (including phenoxy) is 1. The fourth-order valence-electron chi connectivity index (χ4n) is 2.99. The summed E-state index contributed by atoms with van der Waals surface area (Å²) in [7, 11) is 0. The topological polar surface area (TPSA) is 85.9 Å². The molecule has 0 amide bonds. The van der Waals surface area contributed by atoms with E-state index < -0.39 is 0 Å². The van der Waals surface area contributed by atoms with Gasteiger partial charge in [0.1, 0.15) is 5.52 Å². The second-order valence-corrected chi connectivity index (χ2v) is 5.89. The lowest BCUT2D eigenvalue weighted by atomic mass is 10.1. The summed E-state index contributed by atoms with van der Waals surface area (Å²) >= 11 is 0. The van der Waals surface area contributed by atoms with Gasteiger partial charge in [-0.1, -0.05) is 36.4 Å². The van der Waals surface area contributed by atoms with Crippen LogP contribution in [0.5, 0.6) is 5.88 Å². The van der Waals surface area contributed by atoms with E-state index in [1.54, 1.807) is 10.6 Å². The number of anilines is 1. The van der Waals surface area contributed by atoms with Crippen LogP contribution in [-0.4, -0.2) is 21.1 Å². The molecule has 6 nitrogen and oxygen atoms in total. The maximum absolute atomic E-state index is 12.4. The van der Waals surface area contributed by atoms with Crippen molar-refractivity contribution in [2.45, 2.75) is 19.4 Å². The van der Waals surface area contributed by atoms with Crippen molar-refractivity contribution in [2.24, 2.45) is 0 Å². The number of nitrogens with zero attached hydrogens (tertiary/aromatic N) is 2. The minimum absolute atomic E-state index is 0.201. The lowest BCUT2D eigenvalue weighted by molar-refractivity contribution is 0.313. The van der Waals surface area contributed by atoms with Gasteiger partial charge in [0.15, 0.2) is 5.82 Å². The molecule has 0 atom stereocenters. The van der Waals surface area contributed by atoms with Crippen LogP contribution in [-0.2, 0) is 13.0 Å². The number of H-pyrrole nitrogens is 1. The van der Waals surface area contributed by atoms with Crippen molar-refractivity contribution in [3.63, 3.8) is 0 Å². The molecule has 1 aliphatic rings. The molecule has 0 fully saturated rings. The summed E-state index contributed by atoms with van der Waals surface area (Å²) in [5, 5.41) is 0. The van der Waals surface area contributed by atoms with Crippen molar-refractivity contribution >= 4 is 16.9 Å². The summed E-state index contributed by atoms with van der Waals surface area (Å²) < 4.78 is 7.35. The molecule has 122 valence electrons. The highest BCUT2D eigenvalue weighted by molar-refractivity contribution is 5.85. The minimum Gasteiger partial charge on any atom is -0.477 e. The number of allylic oxidation sites excluding steroid dienone is 1. The maximum Gasteiger partial charge on any atom is 0.326 e. The molecule has 2 aromatic heterocycles. The summed E-state index contributed by atoms with van der Waals surface area (Å²) in [6, 6.07) is 10.0. The molecule has 3 heterocycles. The van der Waals surface area contributed by atoms with Gasteiger partial charge in [0.2, 0.25) is 5.88 Å². The van der Waals surface area contributed by atoms with Crippen molar-refractivity contribution < 1.29 is 4.74 Å². The fourth-order valence-corrected chi connectivity index (χ4v) is 2.99. The second kappa shape index (κ2) is 5.88. The second-order valence-electron chi connectivity index (χ2n) is 5.89. The molecule has 6 heteroatoms. The number of pyridine rings is 1. The van der Waals surface area contributed by atoms with E-state index in [0.717, 1.165) is 18.4 Å². The summed E-state index contributed by atoms with van der Waals surface area (Å²) in [4.78, 5) is 19.4. The molecule has 1 aliphatic heterocycles. The molecular formula is C18H18N4O2. The number of nitrogens with two attached hydrogens (primary N) is 1. The van der Waals surface area contributed by atoms with E-state index in [9.17, 15) is 4.79 Å². The first-order valence-corrected chi connectivity index (χ1v) is 7.95. The largest absolute Gasteiger partial charge is 0.477 e. The predicted molar refractivity (Wildman–Crippen MR) is 93.3 cm³/mol. The molecule has 0 radical (unpaired) electrons. The van der Waals surface area contributed by atoms with E-state index in [1.807, 2.05) is 12.1 Å². The molecule has 0 saturated heterocycles. The van der Waals surface area contributed by atoms with Crippen LogP contribution >= 0.6 is 0 Å². The van der Waals surface area contributed by atoms with Crippen LogP contribution in [0.15, 0.2) is 47.3 Å². The van der Waals surface area contributed by atoms with Gasteiger partial charge in [-0.3, -0.25) is 4.57 Å². The highest BCUT2D eigenvalue weighted by atomic mass is 16.5. The first kappa shape index (κ1) is 14.6. The highest BCUT2D eigenvalue weighted by Gasteiger charge is 2.13. The number of nitrogen functional groups attached to an aromatic ring is 1. The first-order valence-electron chi connectivity index (χ1n) is 7.95. The van der Waals surface area contributed by atoms with E-state index >= 15 is 0 Å². The minimum atomic E-state index is -0.201. The number of rotatable bonds is 0. The number of aromatic nitrogens is 3. The molecule has 3 N–H and O–H groups in total. The van der Waals surface area contributed by atoms with E-state index in [2.05, 4.69) is 34.3 Å². The molecule has 3 aromatic rings. The summed E-state index contributed by atoms with van der Waals surface area (Å²) in [5.41, 5.74) is 9.33. The third-order valence-electron chi connectivity index (χ3n) is 4.16. The molecule has 4 bridgehead atoms. The molecular weight excluding hydrogens is 304 g/mol. The fraction of sp³-hybridized carbons (Fsp3) is 0.222. The third-order valence-corrected chi connectivity index (χ3v) is 4.16. The molecule has 24 heavy (non-hydrogen) atoms. The van der Waals surface area contributed by atoms with Crippen LogP contribution in [0.3, 0.4) is 0 Å². The average Bonchev–Trinajstić information content (AvgIpc) is 2.88. The van der Waals surface area contributed by atoms with Crippen molar-refractivity contribution in [1.29, 1.82) is 0 Å². The van der Waals surface area contributed by atoms with Crippen molar-refractivity contribution in [3.05, 3.63) is 64.1 Å². The van der Waals surface area contributed by atoms with Crippen molar-refractivity contribution in [3.8, 4) is 5.88 Å². The third kappa shape index (κ3) is 2.67. The van der Waals surface area contributed by atoms with Gasteiger partial charge in [-0.2, -0.15) is 4.98 Å². The zero-order chi connectivity index (χ0) is 16.5. The van der Waals surface area contributed by atoms with Gasteiger partial charge in [0.05, 0.1) is 18.7 Å². The predicted octanol–water partition coefficient (Wildman–Crippen LogP) is 2.24. The van der Waals surface area contributed by atoms with Crippen LogP contribution in [0.4, 0.5) is 5.82 Å².